The van der Waals surface area contributed by atoms with Crippen molar-refractivity contribution in [2.24, 2.45) is 5.92 Å². The van der Waals surface area contributed by atoms with Gasteiger partial charge in [0.25, 0.3) is 11.8 Å². The lowest BCUT2D eigenvalue weighted by atomic mass is 10.0. The van der Waals surface area contributed by atoms with Crippen molar-refractivity contribution in [3.63, 3.8) is 0 Å². The van der Waals surface area contributed by atoms with Gasteiger partial charge in [-0.2, -0.15) is 0 Å². The minimum absolute atomic E-state index is 0.0325. The zero-order valence-electron chi connectivity index (χ0n) is 16.1. The second kappa shape index (κ2) is 9.09. The summed E-state index contributed by atoms with van der Waals surface area (Å²) in [4.78, 5) is 33.1. The number of amides is 2. The third-order valence-electron chi connectivity index (χ3n) is 4.05. The van der Waals surface area contributed by atoms with Gasteiger partial charge < -0.3 is 15.1 Å². The van der Waals surface area contributed by atoms with Crippen LogP contribution >= 0.6 is 0 Å². The van der Waals surface area contributed by atoms with Crippen molar-refractivity contribution in [2.75, 3.05) is 5.32 Å². The minimum atomic E-state index is -0.537. The smallest absolute Gasteiger partial charge is 0.277 e. The van der Waals surface area contributed by atoms with E-state index in [2.05, 4.69) is 20.6 Å². The highest BCUT2D eigenvalue weighted by atomic mass is 19.1. The molecule has 0 aliphatic carbocycles. The molecule has 0 aliphatic heterocycles. The number of pyridine rings is 1. The zero-order valence-corrected chi connectivity index (χ0v) is 16.1. The number of anilines is 1. The van der Waals surface area contributed by atoms with E-state index in [1.807, 2.05) is 13.8 Å². The Morgan fingerprint density at radius 1 is 1.10 bits per heavy atom. The number of nitrogens with one attached hydrogen (secondary N) is 2. The number of benzene rings is 1. The van der Waals surface area contributed by atoms with Crippen LogP contribution in [0.3, 0.4) is 0 Å². The number of hydrogen-bond acceptors (Lipinski definition) is 5. The second-order valence-corrected chi connectivity index (χ2v) is 6.91. The normalized spacial score (nSPS) is 11.9. The van der Waals surface area contributed by atoms with Gasteiger partial charge in [0.2, 0.25) is 5.89 Å². The van der Waals surface area contributed by atoms with Gasteiger partial charge >= 0.3 is 0 Å². The number of hydrogen-bond donors (Lipinski definition) is 2. The fourth-order valence-electron chi connectivity index (χ4n) is 2.74. The molecule has 1 aromatic carbocycles. The molecule has 1 atom stereocenters. The van der Waals surface area contributed by atoms with Crippen LogP contribution in [0.5, 0.6) is 0 Å². The Balaban J connectivity index is 1.74. The molecule has 0 spiro atoms. The van der Waals surface area contributed by atoms with Gasteiger partial charge in [0, 0.05) is 11.9 Å². The number of halogens is 1. The Kier molecular flexibility index (Phi) is 6.33. The first kappa shape index (κ1) is 20.2. The number of nitrogens with zero attached hydrogens (tertiary/aromatic N) is 2. The van der Waals surface area contributed by atoms with Gasteiger partial charge in [0.15, 0.2) is 5.69 Å². The second-order valence-electron chi connectivity index (χ2n) is 6.91. The number of rotatable bonds is 7. The summed E-state index contributed by atoms with van der Waals surface area (Å²) in [5.74, 6) is -0.907. The van der Waals surface area contributed by atoms with Crippen LogP contribution in [0.2, 0.25) is 0 Å². The summed E-state index contributed by atoms with van der Waals surface area (Å²) in [6.07, 6.45) is 3.31. The lowest BCUT2D eigenvalue weighted by Crippen LogP contribution is -2.30. The van der Waals surface area contributed by atoms with Crippen molar-refractivity contribution in [1.82, 2.24) is 15.3 Å². The third-order valence-corrected chi connectivity index (χ3v) is 4.05. The first-order chi connectivity index (χ1) is 13.9. The predicted octanol–water partition coefficient (Wildman–Crippen LogP) is 3.98. The maximum Gasteiger partial charge on any atom is 0.277 e. The maximum absolute atomic E-state index is 13.3. The van der Waals surface area contributed by atoms with Gasteiger partial charge in [-0.15, -0.1) is 0 Å². The predicted molar refractivity (Wildman–Crippen MR) is 105 cm³/mol. The maximum atomic E-state index is 13.3. The Bertz CT molecular complexity index is 988. The van der Waals surface area contributed by atoms with Crippen molar-refractivity contribution < 1.29 is 18.4 Å². The average molecular weight is 396 g/mol. The Labute approximate surface area is 167 Å². The molecule has 3 rings (SSSR count). The van der Waals surface area contributed by atoms with E-state index < -0.39 is 17.8 Å². The fraction of sp³-hybridized carbons (Fsp3) is 0.238. The van der Waals surface area contributed by atoms with Crippen LogP contribution in [-0.2, 0) is 0 Å². The minimum Gasteiger partial charge on any atom is -0.446 e. The summed E-state index contributed by atoms with van der Waals surface area (Å²) in [5.41, 5.74) is 0.615. The molecule has 2 heterocycles. The van der Waals surface area contributed by atoms with Crippen molar-refractivity contribution in [3.05, 3.63) is 78.0 Å². The van der Waals surface area contributed by atoms with Crippen LogP contribution < -0.4 is 10.6 Å². The molecule has 0 unspecified atom stereocenters. The SMILES string of the molecule is CC(C)C[C@H](NC(=O)c1ccccn1)c1nc(C(=O)Nc2cccc(F)c2)co1. The zero-order chi connectivity index (χ0) is 20.8. The molecular formula is C21H21FN4O3. The van der Waals surface area contributed by atoms with Gasteiger partial charge in [-0.3, -0.25) is 14.6 Å². The molecule has 8 heteroatoms. The topological polar surface area (TPSA) is 97.1 Å². The van der Waals surface area contributed by atoms with Gasteiger partial charge in [0.05, 0.1) is 0 Å². The molecule has 0 aliphatic rings. The molecular weight excluding hydrogens is 375 g/mol. The molecule has 0 fully saturated rings. The van der Waals surface area contributed by atoms with E-state index >= 15 is 0 Å². The van der Waals surface area contributed by atoms with Gasteiger partial charge in [-0.1, -0.05) is 26.0 Å². The van der Waals surface area contributed by atoms with E-state index in [4.69, 9.17) is 4.42 Å². The van der Waals surface area contributed by atoms with Crippen LogP contribution in [0.1, 0.15) is 53.2 Å². The highest BCUT2D eigenvalue weighted by Gasteiger charge is 2.24. The van der Waals surface area contributed by atoms with E-state index in [0.29, 0.717) is 12.1 Å². The standard InChI is InChI=1S/C21H21FN4O3/c1-13(2)10-17(25-19(27)16-8-3-4-9-23-16)21-26-18(12-29-21)20(28)24-15-7-5-6-14(22)11-15/h3-9,11-13,17H,10H2,1-2H3,(H,24,28)(H,25,27)/t17-/m0/s1. The Hall–Kier alpha value is -3.55. The third kappa shape index (κ3) is 5.47. The number of aromatic nitrogens is 2. The summed E-state index contributed by atoms with van der Waals surface area (Å²) >= 11 is 0. The summed E-state index contributed by atoms with van der Waals surface area (Å²) < 4.78 is 18.7. The van der Waals surface area contributed by atoms with Gasteiger partial charge in [0.1, 0.15) is 23.8 Å². The van der Waals surface area contributed by atoms with Gasteiger partial charge in [-0.25, -0.2) is 9.37 Å². The number of oxazole rings is 1. The van der Waals surface area contributed by atoms with Crippen LogP contribution in [-0.4, -0.2) is 21.8 Å². The van der Waals surface area contributed by atoms with E-state index in [1.54, 1.807) is 24.3 Å². The molecule has 0 saturated heterocycles. The summed E-state index contributed by atoms with van der Waals surface area (Å²) in [7, 11) is 0. The van der Waals surface area contributed by atoms with Crippen LogP contribution in [0.25, 0.3) is 0 Å². The van der Waals surface area contributed by atoms with Gasteiger partial charge in [-0.05, 0) is 42.7 Å². The Morgan fingerprint density at radius 2 is 1.93 bits per heavy atom. The monoisotopic (exact) mass is 396 g/mol. The lowest BCUT2D eigenvalue weighted by molar-refractivity contribution is 0.0919. The lowest BCUT2D eigenvalue weighted by Gasteiger charge is -2.17. The fourth-order valence-corrected chi connectivity index (χ4v) is 2.74. The molecule has 0 saturated carbocycles. The summed E-state index contributed by atoms with van der Waals surface area (Å²) in [5, 5.41) is 5.41. The quantitative estimate of drug-likeness (QED) is 0.630. The summed E-state index contributed by atoms with van der Waals surface area (Å²) in [6.45, 7) is 4.00. The van der Waals surface area contributed by atoms with Crippen LogP contribution in [0.4, 0.5) is 10.1 Å². The largest absolute Gasteiger partial charge is 0.446 e. The van der Waals surface area contributed by atoms with Crippen LogP contribution in [0, 0.1) is 11.7 Å². The first-order valence-electron chi connectivity index (χ1n) is 9.16. The van der Waals surface area contributed by atoms with E-state index in [1.165, 1.54) is 30.7 Å². The molecule has 0 bridgehead atoms. The Morgan fingerprint density at radius 3 is 2.62 bits per heavy atom. The average Bonchev–Trinajstić information content (AvgIpc) is 3.18. The molecule has 7 nitrogen and oxygen atoms in total. The first-order valence-corrected chi connectivity index (χ1v) is 9.16. The van der Waals surface area contributed by atoms with Crippen LogP contribution in [0.15, 0.2) is 59.3 Å². The highest BCUT2D eigenvalue weighted by molar-refractivity contribution is 6.02. The number of carbonyl (C=O) groups excluding carboxylic acids is 2. The highest BCUT2D eigenvalue weighted by Crippen LogP contribution is 2.22. The molecule has 0 radical (unpaired) electrons. The van der Waals surface area contributed by atoms with Crippen molar-refractivity contribution in [3.8, 4) is 0 Å². The summed E-state index contributed by atoms with van der Waals surface area (Å²) in [6, 6.07) is 10.1. The van der Waals surface area contributed by atoms with E-state index in [9.17, 15) is 14.0 Å². The number of carbonyl (C=O) groups is 2. The molecule has 2 N–H and O–H groups in total. The molecule has 3 aromatic rings. The molecule has 150 valence electrons. The van der Waals surface area contributed by atoms with Crippen molar-refractivity contribution in [2.45, 2.75) is 26.3 Å². The van der Waals surface area contributed by atoms with Crippen molar-refractivity contribution >= 4 is 17.5 Å². The van der Waals surface area contributed by atoms with E-state index in [-0.39, 0.29) is 29.1 Å². The van der Waals surface area contributed by atoms with Crippen molar-refractivity contribution in [1.29, 1.82) is 0 Å². The van der Waals surface area contributed by atoms with E-state index in [0.717, 1.165) is 0 Å². The molecule has 2 aromatic heterocycles. The molecule has 2 amide bonds. The molecule has 29 heavy (non-hydrogen) atoms.